The molecule has 0 atom stereocenters. The van der Waals surface area contributed by atoms with E-state index in [4.69, 9.17) is 14.9 Å². The lowest BCUT2D eigenvalue weighted by Crippen LogP contribution is -2.43. The summed E-state index contributed by atoms with van der Waals surface area (Å²) in [6, 6.07) is 0. The van der Waals surface area contributed by atoms with Crippen LogP contribution in [-0.2, 0) is 4.74 Å². The minimum absolute atomic E-state index is 0.209. The number of carboxylic acid groups (broad SMARTS) is 1. The zero-order valence-electron chi connectivity index (χ0n) is 9.34. The number of nitrogens with zero attached hydrogens (tertiary/aromatic N) is 1. The van der Waals surface area contributed by atoms with Crippen molar-refractivity contribution in [3.8, 4) is 0 Å². The molecule has 16 heavy (non-hydrogen) atoms. The van der Waals surface area contributed by atoms with Crippen LogP contribution in [0, 0.1) is 5.92 Å². The van der Waals surface area contributed by atoms with E-state index in [1.807, 2.05) is 0 Å². The quantitative estimate of drug-likeness (QED) is 0.755. The van der Waals surface area contributed by atoms with E-state index in [1.54, 1.807) is 0 Å². The number of carbonyl (C=O) groups is 1. The van der Waals surface area contributed by atoms with Gasteiger partial charge in [0, 0.05) is 19.7 Å². The minimum Gasteiger partial charge on any atom is -0.465 e. The Morgan fingerprint density at radius 3 is 2.38 bits per heavy atom. The van der Waals surface area contributed by atoms with Crippen molar-refractivity contribution in [3.63, 3.8) is 0 Å². The van der Waals surface area contributed by atoms with Crippen LogP contribution in [0.25, 0.3) is 0 Å². The van der Waals surface area contributed by atoms with Gasteiger partial charge in [0.1, 0.15) is 0 Å². The molecule has 1 aliphatic carbocycles. The summed E-state index contributed by atoms with van der Waals surface area (Å²) >= 11 is 0. The summed E-state index contributed by atoms with van der Waals surface area (Å²) in [6.45, 7) is 1.42. The zero-order chi connectivity index (χ0) is 11.5. The summed E-state index contributed by atoms with van der Waals surface area (Å²) in [6.07, 6.45) is 3.17. The first-order valence-corrected chi connectivity index (χ1v) is 5.93. The van der Waals surface area contributed by atoms with Gasteiger partial charge in [-0.15, -0.1) is 0 Å². The summed E-state index contributed by atoms with van der Waals surface area (Å²) in [7, 11) is 0. The number of likely N-dealkylation sites (tertiary alicyclic amines) is 1. The van der Waals surface area contributed by atoms with Crippen molar-refractivity contribution in [2.24, 2.45) is 5.92 Å². The molecule has 92 valence electrons. The van der Waals surface area contributed by atoms with Crippen LogP contribution in [-0.4, -0.2) is 53.1 Å². The topological polar surface area (TPSA) is 70.0 Å². The summed E-state index contributed by atoms with van der Waals surface area (Å²) in [5.74, 6) is 0.420. The highest BCUT2D eigenvalue weighted by molar-refractivity contribution is 5.64. The number of hydrogen-bond acceptors (Lipinski definition) is 3. The van der Waals surface area contributed by atoms with E-state index in [0.717, 1.165) is 25.7 Å². The Hall–Kier alpha value is -0.810. The molecule has 0 aromatic carbocycles. The molecular formula is C11H19NO4. The van der Waals surface area contributed by atoms with Crippen molar-refractivity contribution in [1.82, 2.24) is 4.90 Å². The Kier molecular flexibility index (Phi) is 3.66. The normalized spacial score (nSPS) is 31.2. The van der Waals surface area contributed by atoms with Crippen LogP contribution in [0.5, 0.6) is 0 Å². The lowest BCUT2D eigenvalue weighted by molar-refractivity contribution is -0.0990. The third-order valence-electron chi connectivity index (χ3n) is 3.55. The molecule has 0 spiro atoms. The van der Waals surface area contributed by atoms with Gasteiger partial charge in [-0.25, -0.2) is 4.79 Å². The van der Waals surface area contributed by atoms with Crippen LogP contribution in [0.4, 0.5) is 4.79 Å². The Balaban J connectivity index is 1.64. The maximum atomic E-state index is 10.7. The van der Waals surface area contributed by atoms with Gasteiger partial charge in [0.05, 0.1) is 12.2 Å². The van der Waals surface area contributed by atoms with Gasteiger partial charge in [-0.2, -0.15) is 0 Å². The van der Waals surface area contributed by atoms with Gasteiger partial charge in [-0.1, -0.05) is 0 Å². The van der Waals surface area contributed by atoms with Gasteiger partial charge in [-0.05, 0) is 31.6 Å². The second kappa shape index (κ2) is 5.01. The fourth-order valence-corrected chi connectivity index (χ4v) is 2.39. The highest BCUT2D eigenvalue weighted by Gasteiger charge is 2.32. The third kappa shape index (κ3) is 2.65. The predicted molar refractivity (Wildman–Crippen MR) is 57.3 cm³/mol. The molecule has 1 saturated carbocycles. The van der Waals surface area contributed by atoms with Crippen molar-refractivity contribution in [1.29, 1.82) is 0 Å². The first-order valence-electron chi connectivity index (χ1n) is 5.93. The molecule has 2 rings (SSSR count). The van der Waals surface area contributed by atoms with Gasteiger partial charge in [0.25, 0.3) is 0 Å². The van der Waals surface area contributed by atoms with Crippen LogP contribution < -0.4 is 0 Å². The largest absolute Gasteiger partial charge is 0.465 e. The predicted octanol–water partition coefficient (Wildman–Crippen LogP) is 0.916. The van der Waals surface area contributed by atoms with E-state index < -0.39 is 6.09 Å². The molecule has 0 aromatic rings. The number of amides is 1. The standard InChI is InChI=1S/C11H19NO4/c13-7-8-5-10(6-8)16-9-1-3-12(4-2-9)11(14)15/h8-10,13H,1-7H2,(H,14,15)/t8-,10-. The zero-order valence-corrected chi connectivity index (χ0v) is 9.34. The highest BCUT2D eigenvalue weighted by Crippen LogP contribution is 2.31. The fourth-order valence-electron chi connectivity index (χ4n) is 2.39. The first kappa shape index (κ1) is 11.7. The second-order valence-corrected chi connectivity index (χ2v) is 4.75. The SMILES string of the molecule is O=C(O)N1CCC(O[C@H]2C[C@H](CO)C2)CC1. The molecule has 0 bridgehead atoms. The Bertz CT molecular complexity index is 244. The summed E-state index contributed by atoms with van der Waals surface area (Å²) in [5.41, 5.74) is 0. The first-order chi connectivity index (χ1) is 7.69. The molecule has 2 N–H and O–H groups in total. The van der Waals surface area contributed by atoms with Crippen LogP contribution in [0.1, 0.15) is 25.7 Å². The Morgan fingerprint density at radius 2 is 1.88 bits per heavy atom. The molecule has 5 nitrogen and oxygen atoms in total. The van der Waals surface area contributed by atoms with E-state index in [1.165, 1.54) is 4.90 Å². The molecule has 0 aromatic heterocycles. The molecule has 1 aliphatic heterocycles. The number of aliphatic hydroxyl groups excluding tert-OH is 1. The fraction of sp³-hybridized carbons (Fsp3) is 0.909. The van der Waals surface area contributed by atoms with Crippen LogP contribution in [0.2, 0.25) is 0 Å². The molecule has 2 aliphatic rings. The van der Waals surface area contributed by atoms with E-state index in [2.05, 4.69) is 0 Å². The lowest BCUT2D eigenvalue weighted by atomic mass is 9.83. The molecule has 2 fully saturated rings. The summed E-state index contributed by atoms with van der Waals surface area (Å²) in [5, 5.41) is 17.7. The molecule has 5 heteroatoms. The molecule has 0 radical (unpaired) electrons. The van der Waals surface area contributed by atoms with Crippen LogP contribution in [0.15, 0.2) is 0 Å². The maximum absolute atomic E-state index is 10.7. The smallest absolute Gasteiger partial charge is 0.407 e. The Labute approximate surface area is 95.0 Å². The van der Waals surface area contributed by atoms with Crippen molar-refractivity contribution >= 4 is 6.09 Å². The second-order valence-electron chi connectivity index (χ2n) is 4.75. The highest BCUT2D eigenvalue weighted by atomic mass is 16.5. The van der Waals surface area contributed by atoms with Gasteiger partial charge >= 0.3 is 6.09 Å². The number of rotatable bonds is 3. The number of piperidine rings is 1. The van der Waals surface area contributed by atoms with Gasteiger partial charge in [-0.3, -0.25) is 0 Å². The average molecular weight is 229 g/mol. The van der Waals surface area contributed by atoms with Crippen LogP contribution >= 0.6 is 0 Å². The van der Waals surface area contributed by atoms with E-state index in [-0.39, 0.29) is 12.7 Å². The number of ether oxygens (including phenoxy) is 1. The monoisotopic (exact) mass is 229 g/mol. The molecular weight excluding hydrogens is 210 g/mol. The van der Waals surface area contributed by atoms with E-state index >= 15 is 0 Å². The number of aliphatic hydroxyl groups is 1. The summed E-state index contributed by atoms with van der Waals surface area (Å²) in [4.78, 5) is 12.1. The maximum Gasteiger partial charge on any atom is 0.407 e. The van der Waals surface area contributed by atoms with Crippen molar-refractivity contribution in [3.05, 3.63) is 0 Å². The van der Waals surface area contributed by atoms with Crippen molar-refractivity contribution in [2.75, 3.05) is 19.7 Å². The number of hydrogen-bond donors (Lipinski definition) is 2. The van der Waals surface area contributed by atoms with Gasteiger partial charge < -0.3 is 19.8 Å². The average Bonchev–Trinajstić information content (AvgIpc) is 2.23. The van der Waals surface area contributed by atoms with Crippen molar-refractivity contribution in [2.45, 2.75) is 37.9 Å². The van der Waals surface area contributed by atoms with Gasteiger partial charge in [0.2, 0.25) is 0 Å². The Morgan fingerprint density at radius 1 is 1.25 bits per heavy atom. The summed E-state index contributed by atoms with van der Waals surface area (Å²) < 4.78 is 5.86. The third-order valence-corrected chi connectivity index (χ3v) is 3.55. The van der Waals surface area contributed by atoms with E-state index in [9.17, 15) is 4.79 Å². The van der Waals surface area contributed by atoms with Crippen molar-refractivity contribution < 1.29 is 19.7 Å². The lowest BCUT2D eigenvalue weighted by Gasteiger charge is -2.39. The molecule has 1 heterocycles. The van der Waals surface area contributed by atoms with Crippen LogP contribution in [0.3, 0.4) is 0 Å². The van der Waals surface area contributed by atoms with Gasteiger partial charge in [0.15, 0.2) is 0 Å². The molecule has 1 amide bonds. The minimum atomic E-state index is -0.831. The molecule has 1 saturated heterocycles. The van der Waals surface area contributed by atoms with E-state index in [0.29, 0.717) is 25.1 Å². The molecule has 0 unspecified atom stereocenters.